The molecule has 8 heteroatoms. The number of nitrogens with one attached hydrogen (secondary N) is 1. The van der Waals surface area contributed by atoms with Gasteiger partial charge in [0, 0.05) is 11.3 Å². The van der Waals surface area contributed by atoms with Gasteiger partial charge >= 0.3 is 7.12 Å². The Morgan fingerprint density at radius 3 is 3.00 bits per heavy atom. The average molecular weight is 440 g/mol. The minimum absolute atomic E-state index is 0.423. The van der Waals surface area contributed by atoms with Crippen LogP contribution in [0.5, 0.6) is 0 Å². The molecule has 0 radical (unpaired) electrons. The molecule has 2 aliphatic rings. The number of fused-ring (bicyclic) bond motifs is 2. The maximum atomic E-state index is 9.90. The molecule has 5 rings (SSSR count). The van der Waals surface area contributed by atoms with Gasteiger partial charge in [-0.3, -0.25) is 0 Å². The highest BCUT2D eigenvalue weighted by molar-refractivity contribution is 7.19. The number of benzene rings is 1. The van der Waals surface area contributed by atoms with Crippen LogP contribution in [0.1, 0.15) is 55.3 Å². The van der Waals surface area contributed by atoms with Crippen LogP contribution >= 0.6 is 22.9 Å². The van der Waals surface area contributed by atoms with Crippen LogP contribution in [0.3, 0.4) is 0 Å². The van der Waals surface area contributed by atoms with Crippen molar-refractivity contribution >= 4 is 47.0 Å². The van der Waals surface area contributed by atoms with Crippen molar-refractivity contribution in [1.82, 2.24) is 9.97 Å². The van der Waals surface area contributed by atoms with Crippen LogP contribution in [-0.4, -0.2) is 22.1 Å². The fraction of sp³-hybridized carbons (Fsp3) is 0.364. The number of halogens is 1. The second-order valence-electron chi connectivity index (χ2n) is 7.94. The van der Waals surface area contributed by atoms with Crippen LogP contribution in [-0.2, 0) is 17.7 Å². The SMILES string of the molecule is CCCCC1CCc2nc(-c3ccc(Cl)s3)nc(Nc3ccc4c(c3)COB4O)c21. The van der Waals surface area contributed by atoms with E-state index in [4.69, 9.17) is 26.2 Å². The van der Waals surface area contributed by atoms with Gasteiger partial charge in [-0.2, -0.15) is 0 Å². The third-order valence-electron chi connectivity index (χ3n) is 5.93. The van der Waals surface area contributed by atoms with Gasteiger partial charge in [0.2, 0.25) is 0 Å². The summed E-state index contributed by atoms with van der Waals surface area (Å²) in [6.45, 7) is 2.65. The summed E-state index contributed by atoms with van der Waals surface area (Å²) in [5.41, 5.74) is 5.19. The number of rotatable bonds is 6. The smallest absolute Gasteiger partial charge is 0.423 e. The van der Waals surface area contributed by atoms with E-state index in [0.29, 0.717) is 12.5 Å². The molecular formula is C22H23BClN3O2S. The molecule has 30 heavy (non-hydrogen) atoms. The molecule has 5 nitrogen and oxygen atoms in total. The van der Waals surface area contributed by atoms with Crippen molar-refractivity contribution in [1.29, 1.82) is 0 Å². The molecule has 1 unspecified atom stereocenters. The fourth-order valence-corrected chi connectivity index (χ4v) is 5.39. The Morgan fingerprint density at radius 2 is 2.20 bits per heavy atom. The summed E-state index contributed by atoms with van der Waals surface area (Å²) in [7, 11) is -0.828. The molecule has 154 valence electrons. The molecule has 0 saturated heterocycles. The number of anilines is 2. The molecular weight excluding hydrogens is 417 g/mol. The monoisotopic (exact) mass is 439 g/mol. The quantitative estimate of drug-likeness (QED) is 0.527. The lowest BCUT2D eigenvalue weighted by molar-refractivity contribution is 0.275. The second kappa shape index (κ2) is 8.31. The highest BCUT2D eigenvalue weighted by Crippen LogP contribution is 2.42. The highest BCUT2D eigenvalue weighted by Gasteiger charge is 2.30. The molecule has 3 aromatic rings. The molecule has 1 aliphatic carbocycles. The third-order valence-corrected chi connectivity index (χ3v) is 7.16. The summed E-state index contributed by atoms with van der Waals surface area (Å²) in [6.07, 6.45) is 5.67. The molecule has 3 heterocycles. The van der Waals surface area contributed by atoms with Gasteiger partial charge in [-0.15, -0.1) is 11.3 Å². The Hall–Kier alpha value is -1.93. The second-order valence-corrected chi connectivity index (χ2v) is 9.65. The molecule has 1 aromatic carbocycles. The first-order valence-electron chi connectivity index (χ1n) is 10.5. The number of aryl methyl sites for hydroxylation is 1. The summed E-state index contributed by atoms with van der Waals surface area (Å²) in [5, 5.41) is 13.5. The summed E-state index contributed by atoms with van der Waals surface area (Å²) in [5.74, 6) is 2.10. The van der Waals surface area contributed by atoms with Crippen LogP contribution in [0.2, 0.25) is 4.34 Å². The zero-order valence-corrected chi connectivity index (χ0v) is 18.4. The molecule has 0 amide bonds. The Balaban J connectivity index is 1.54. The molecule has 0 fully saturated rings. The average Bonchev–Trinajstić information content (AvgIpc) is 3.45. The minimum atomic E-state index is -0.828. The first-order chi connectivity index (χ1) is 14.6. The van der Waals surface area contributed by atoms with Gasteiger partial charge in [-0.1, -0.05) is 37.4 Å². The third kappa shape index (κ3) is 3.76. The van der Waals surface area contributed by atoms with Gasteiger partial charge in [0.05, 0.1) is 21.5 Å². The van der Waals surface area contributed by atoms with Crippen molar-refractivity contribution in [2.45, 2.75) is 51.6 Å². The van der Waals surface area contributed by atoms with Crippen molar-refractivity contribution in [2.24, 2.45) is 0 Å². The van der Waals surface area contributed by atoms with E-state index in [-0.39, 0.29) is 0 Å². The van der Waals surface area contributed by atoms with Crippen molar-refractivity contribution in [2.75, 3.05) is 5.32 Å². The summed E-state index contributed by atoms with van der Waals surface area (Å²) in [6, 6.07) is 9.81. The Bertz CT molecular complexity index is 1090. The summed E-state index contributed by atoms with van der Waals surface area (Å²) < 4.78 is 6.07. The van der Waals surface area contributed by atoms with Crippen LogP contribution in [0, 0.1) is 0 Å². The standard InChI is InChI=1S/C22H23BClN3O2S/c1-2-3-4-13-5-8-17-20(13)22(27-21(26-17)18-9-10-19(24)30-18)25-15-6-7-16-14(11-15)12-29-23(16)28/h6-7,9-11,13,28H,2-5,8,12H2,1H3,(H,25,26,27). The van der Waals surface area contributed by atoms with E-state index in [2.05, 4.69) is 12.2 Å². The van der Waals surface area contributed by atoms with Gasteiger partial charge in [-0.05, 0) is 60.5 Å². The lowest BCUT2D eigenvalue weighted by atomic mass is 9.79. The Kier molecular flexibility index (Phi) is 5.54. The van der Waals surface area contributed by atoms with Crippen molar-refractivity contribution in [3.05, 3.63) is 51.5 Å². The predicted octanol–water partition coefficient (Wildman–Crippen LogP) is 5.04. The molecule has 0 spiro atoms. The van der Waals surface area contributed by atoms with Crippen molar-refractivity contribution in [3.63, 3.8) is 0 Å². The first-order valence-corrected chi connectivity index (χ1v) is 11.7. The van der Waals surface area contributed by atoms with Crippen LogP contribution in [0.4, 0.5) is 11.5 Å². The van der Waals surface area contributed by atoms with E-state index in [1.165, 1.54) is 29.7 Å². The molecule has 2 N–H and O–H groups in total. The van der Waals surface area contributed by atoms with E-state index in [1.54, 1.807) is 0 Å². The van der Waals surface area contributed by atoms with E-state index in [0.717, 1.165) is 62.5 Å². The molecule has 2 aromatic heterocycles. The molecule has 0 bridgehead atoms. The summed E-state index contributed by atoms with van der Waals surface area (Å²) >= 11 is 7.66. The number of unbranched alkanes of at least 4 members (excludes halogenated alkanes) is 1. The molecule has 1 aliphatic heterocycles. The number of hydrogen-bond acceptors (Lipinski definition) is 6. The van der Waals surface area contributed by atoms with Crippen LogP contribution in [0.25, 0.3) is 10.7 Å². The minimum Gasteiger partial charge on any atom is -0.423 e. The predicted molar refractivity (Wildman–Crippen MR) is 123 cm³/mol. The first kappa shape index (κ1) is 20.0. The fourth-order valence-electron chi connectivity index (χ4n) is 4.41. The van der Waals surface area contributed by atoms with Crippen molar-refractivity contribution in [3.8, 4) is 10.7 Å². The van der Waals surface area contributed by atoms with Crippen molar-refractivity contribution < 1.29 is 9.68 Å². The largest absolute Gasteiger partial charge is 0.491 e. The highest BCUT2D eigenvalue weighted by atomic mass is 35.5. The van der Waals surface area contributed by atoms with Gasteiger partial charge in [0.25, 0.3) is 0 Å². The normalized spacial score (nSPS) is 17.3. The van der Waals surface area contributed by atoms with Gasteiger partial charge in [0.1, 0.15) is 5.82 Å². The van der Waals surface area contributed by atoms with Crippen LogP contribution < -0.4 is 10.8 Å². The van der Waals surface area contributed by atoms with Gasteiger partial charge < -0.3 is 15.0 Å². The van der Waals surface area contributed by atoms with E-state index < -0.39 is 7.12 Å². The zero-order chi connectivity index (χ0) is 20.7. The van der Waals surface area contributed by atoms with Gasteiger partial charge in [-0.25, -0.2) is 9.97 Å². The topological polar surface area (TPSA) is 67.3 Å². The lowest BCUT2D eigenvalue weighted by Crippen LogP contribution is -2.27. The Labute approximate surface area is 185 Å². The maximum Gasteiger partial charge on any atom is 0.491 e. The Morgan fingerprint density at radius 1 is 1.30 bits per heavy atom. The zero-order valence-electron chi connectivity index (χ0n) is 16.8. The molecule has 0 saturated carbocycles. The lowest BCUT2D eigenvalue weighted by Gasteiger charge is -2.17. The number of nitrogens with zero attached hydrogens (tertiary/aromatic N) is 2. The summed E-state index contributed by atoms with van der Waals surface area (Å²) in [4.78, 5) is 10.8. The van der Waals surface area contributed by atoms with E-state index in [9.17, 15) is 5.02 Å². The van der Waals surface area contributed by atoms with Gasteiger partial charge in [0.15, 0.2) is 5.82 Å². The maximum absolute atomic E-state index is 9.90. The number of aromatic nitrogens is 2. The number of hydrogen-bond donors (Lipinski definition) is 2. The van der Waals surface area contributed by atoms with E-state index >= 15 is 0 Å². The van der Waals surface area contributed by atoms with Crippen LogP contribution in [0.15, 0.2) is 30.3 Å². The number of thiophene rings is 1. The molecule has 1 atom stereocenters. The van der Waals surface area contributed by atoms with E-state index in [1.807, 2.05) is 30.3 Å².